The quantitative estimate of drug-likeness (QED) is 0.801. The Hall–Kier alpha value is -2.50. The first-order chi connectivity index (χ1) is 9.93. The maximum absolute atomic E-state index is 12.2. The highest BCUT2D eigenvalue weighted by atomic mass is 16.4. The van der Waals surface area contributed by atoms with E-state index in [0.29, 0.717) is 6.42 Å². The lowest BCUT2D eigenvalue weighted by Crippen LogP contribution is -2.44. The number of amides is 2. The summed E-state index contributed by atoms with van der Waals surface area (Å²) in [6.45, 7) is 1.41. The molecular formula is C15H15NO5. The van der Waals surface area contributed by atoms with E-state index in [1.165, 1.54) is 19.1 Å². The molecule has 0 radical (unpaired) electrons. The van der Waals surface area contributed by atoms with Crippen molar-refractivity contribution in [3.8, 4) is 0 Å². The third-order valence-corrected chi connectivity index (χ3v) is 3.43. The van der Waals surface area contributed by atoms with Crippen LogP contribution in [0.3, 0.4) is 0 Å². The molecule has 0 saturated heterocycles. The van der Waals surface area contributed by atoms with E-state index in [1.807, 2.05) is 0 Å². The molecule has 1 aliphatic rings. The minimum atomic E-state index is -1.24. The molecular weight excluding hydrogens is 274 g/mol. The second-order valence-corrected chi connectivity index (χ2v) is 4.97. The SMILES string of the molecule is CC(=O)CCC[C@@H](C(=O)O)N1C(=O)c2ccccc2C1=O. The third kappa shape index (κ3) is 2.84. The van der Waals surface area contributed by atoms with Crippen molar-refractivity contribution < 1.29 is 24.3 Å². The Morgan fingerprint density at radius 1 is 1.14 bits per heavy atom. The predicted molar refractivity (Wildman–Crippen MR) is 72.9 cm³/mol. The second-order valence-electron chi connectivity index (χ2n) is 4.97. The summed E-state index contributed by atoms with van der Waals surface area (Å²) in [5.74, 6) is -2.48. The van der Waals surface area contributed by atoms with Crippen LogP contribution >= 0.6 is 0 Å². The molecule has 1 aliphatic heterocycles. The molecule has 0 aromatic heterocycles. The summed E-state index contributed by atoms with van der Waals surface area (Å²) in [4.78, 5) is 47.5. The highest BCUT2D eigenvalue weighted by molar-refractivity contribution is 6.22. The van der Waals surface area contributed by atoms with E-state index < -0.39 is 23.8 Å². The van der Waals surface area contributed by atoms with E-state index in [2.05, 4.69) is 0 Å². The van der Waals surface area contributed by atoms with Gasteiger partial charge in [0.05, 0.1) is 11.1 Å². The molecule has 6 heteroatoms. The van der Waals surface area contributed by atoms with Gasteiger partial charge in [-0.3, -0.25) is 14.5 Å². The fourth-order valence-corrected chi connectivity index (χ4v) is 2.40. The van der Waals surface area contributed by atoms with Crippen LogP contribution in [0.25, 0.3) is 0 Å². The van der Waals surface area contributed by atoms with Crippen LogP contribution in [0, 0.1) is 0 Å². The first-order valence-corrected chi connectivity index (χ1v) is 6.62. The van der Waals surface area contributed by atoms with Crippen LogP contribution in [-0.4, -0.2) is 39.6 Å². The highest BCUT2D eigenvalue weighted by Crippen LogP contribution is 2.26. The number of ketones is 1. The van der Waals surface area contributed by atoms with Gasteiger partial charge in [-0.05, 0) is 31.9 Å². The number of imide groups is 1. The van der Waals surface area contributed by atoms with Crippen molar-refractivity contribution in [1.82, 2.24) is 4.90 Å². The number of aliphatic carboxylic acids is 1. The van der Waals surface area contributed by atoms with Gasteiger partial charge in [-0.1, -0.05) is 12.1 Å². The second kappa shape index (κ2) is 5.87. The van der Waals surface area contributed by atoms with Gasteiger partial charge in [0.2, 0.25) is 0 Å². The first-order valence-electron chi connectivity index (χ1n) is 6.62. The van der Waals surface area contributed by atoms with Gasteiger partial charge >= 0.3 is 5.97 Å². The maximum atomic E-state index is 12.2. The van der Waals surface area contributed by atoms with E-state index in [9.17, 15) is 24.3 Å². The molecule has 1 N–H and O–H groups in total. The zero-order valence-electron chi connectivity index (χ0n) is 11.5. The molecule has 110 valence electrons. The van der Waals surface area contributed by atoms with Crippen molar-refractivity contribution in [2.45, 2.75) is 32.2 Å². The lowest BCUT2D eigenvalue weighted by molar-refractivity contribution is -0.142. The van der Waals surface area contributed by atoms with Crippen molar-refractivity contribution >= 4 is 23.6 Å². The fourth-order valence-electron chi connectivity index (χ4n) is 2.40. The molecule has 0 fully saturated rings. The number of nitrogens with zero attached hydrogens (tertiary/aromatic N) is 1. The number of rotatable bonds is 6. The van der Waals surface area contributed by atoms with Crippen LogP contribution in [0.15, 0.2) is 24.3 Å². The lowest BCUT2D eigenvalue weighted by Gasteiger charge is -2.22. The zero-order chi connectivity index (χ0) is 15.6. The number of benzene rings is 1. The van der Waals surface area contributed by atoms with Crippen LogP contribution in [0.1, 0.15) is 46.9 Å². The molecule has 0 saturated carbocycles. The molecule has 0 unspecified atom stereocenters. The summed E-state index contributed by atoms with van der Waals surface area (Å²) in [6.07, 6.45) is 0.618. The van der Waals surface area contributed by atoms with E-state index in [1.54, 1.807) is 12.1 Å². The first kappa shape index (κ1) is 14.9. The van der Waals surface area contributed by atoms with Crippen molar-refractivity contribution in [2.24, 2.45) is 0 Å². The molecule has 6 nitrogen and oxygen atoms in total. The topological polar surface area (TPSA) is 91.8 Å². The number of fused-ring (bicyclic) bond motifs is 1. The lowest BCUT2D eigenvalue weighted by atomic mass is 10.1. The molecule has 0 aliphatic carbocycles. The monoisotopic (exact) mass is 289 g/mol. The van der Waals surface area contributed by atoms with Crippen molar-refractivity contribution in [1.29, 1.82) is 0 Å². The standard InChI is InChI=1S/C15H15NO5/c1-9(17)5-4-8-12(15(20)21)16-13(18)10-6-2-3-7-11(10)14(16)19/h2-3,6-7,12H,4-5,8H2,1H3,(H,20,21)/t12-/m0/s1. The van der Waals surface area contributed by atoms with Crippen LogP contribution in [0.4, 0.5) is 0 Å². The summed E-state index contributed by atoms with van der Waals surface area (Å²) in [6, 6.07) is 5.02. The Morgan fingerprint density at radius 2 is 1.67 bits per heavy atom. The molecule has 0 bridgehead atoms. The number of carboxylic acid groups (broad SMARTS) is 1. The zero-order valence-corrected chi connectivity index (χ0v) is 11.5. The van der Waals surface area contributed by atoms with E-state index in [0.717, 1.165) is 4.90 Å². The highest BCUT2D eigenvalue weighted by Gasteiger charge is 2.42. The summed E-state index contributed by atoms with van der Waals surface area (Å²) < 4.78 is 0. The number of carbonyl (C=O) groups is 4. The van der Waals surface area contributed by atoms with Gasteiger partial charge in [0.1, 0.15) is 11.8 Å². The fraction of sp³-hybridized carbons (Fsp3) is 0.333. The Bertz CT molecular complexity index is 587. The molecule has 2 rings (SSSR count). The molecule has 1 aromatic rings. The molecule has 1 aromatic carbocycles. The van der Waals surface area contributed by atoms with Crippen molar-refractivity contribution in [3.05, 3.63) is 35.4 Å². The van der Waals surface area contributed by atoms with Crippen LogP contribution < -0.4 is 0 Å². The van der Waals surface area contributed by atoms with Gasteiger partial charge < -0.3 is 9.90 Å². The van der Waals surface area contributed by atoms with Crippen LogP contribution in [-0.2, 0) is 9.59 Å². The third-order valence-electron chi connectivity index (χ3n) is 3.43. The number of carboxylic acids is 1. The Kier molecular flexibility index (Phi) is 4.16. The van der Waals surface area contributed by atoms with Crippen molar-refractivity contribution in [3.63, 3.8) is 0 Å². The molecule has 0 spiro atoms. The van der Waals surface area contributed by atoms with Gasteiger partial charge in [0.15, 0.2) is 0 Å². The number of Topliss-reactive ketones (excluding diaryl/α,β-unsaturated/α-hetero) is 1. The normalized spacial score (nSPS) is 15.0. The van der Waals surface area contributed by atoms with E-state index in [4.69, 9.17) is 0 Å². The van der Waals surface area contributed by atoms with Crippen LogP contribution in [0.2, 0.25) is 0 Å². The summed E-state index contributed by atoms with van der Waals surface area (Å²) in [5.41, 5.74) is 0.445. The van der Waals surface area contributed by atoms with Gasteiger partial charge in [-0.15, -0.1) is 0 Å². The summed E-state index contributed by atoms with van der Waals surface area (Å²) in [5, 5.41) is 9.28. The average molecular weight is 289 g/mol. The van der Waals surface area contributed by atoms with E-state index in [-0.39, 0.29) is 29.8 Å². The Balaban J connectivity index is 2.22. The maximum Gasteiger partial charge on any atom is 0.326 e. The van der Waals surface area contributed by atoms with Gasteiger partial charge in [-0.25, -0.2) is 4.79 Å². The molecule has 1 atom stereocenters. The van der Waals surface area contributed by atoms with Gasteiger partial charge in [-0.2, -0.15) is 0 Å². The Morgan fingerprint density at radius 3 is 2.10 bits per heavy atom. The number of carbonyl (C=O) groups excluding carboxylic acids is 3. The van der Waals surface area contributed by atoms with Gasteiger partial charge in [0, 0.05) is 6.42 Å². The van der Waals surface area contributed by atoms with Crippen molar-refractivity contribution in [2.75, 3.05) is 0 Å². The molecule has 2 amide bonds. The summed E-state index contributed by atoms with van der Waals surface area (Å²) in [7, 11) is 0. The number of hydrogen-bond acceptors (Lipinski definition) is 4. The molecule has 21 heavy (non-hydrogen) atoms. The minimum Gasteiger partial charge on any atom is -0.480 e. The largest absolute Gasteiger partial charge is 0.480 e. The van der Waals surface area contributed by atoms with Crippen LogP contribution in [0.5, 0.6) is 0 Å². The Labute approximate surface area is 121 Å². The molecule has 1 heterocycles. The number of hydrogen-bond donors (Lipinski definition) is 1. The van der Waals surface area contributed by atoms with Gasteiger partial charge in [0.25, 0.3) is 11.8 Å². The summed E-state index contributed by atoms with van der Waals surface area (Å²) >= 11 is 0. The predicted octanol–water partition coefficient (Wildman–Crippen LogP) is 1.50. The minimum absolute atomic E-state index is 0.0542. The average Bonchev–Trinajstić information content (AvgIpc) is 2.68. The van der Waals surface area contributed by atoms with E-state index >= 15 is 0 Å². The smallest absolute Gasteiger partial charge is 0.326 e.